The monoisotopic (exact) mass is 208 g/mol. The third kappa shape index (κ3) is 2.24. The van der Waals surface area contributed by atoms with E-state index in [0.29, 0.717) is 6.54 Å². The van der Waals surface area contributed by atoms with Crippen LogP contribution in [-0.2, 0) is 6.54 Å². The van der Waals surface area contributed by atoms with Gasteiger partial charge in [0.05, 0.1) is 12.3 Å². The molecule has 15 heavy (non-hydrogen) atoms. The molecule has 0 bridgehead atoms. The van der Waals surface area contributed by atoms with Crippen molar-refractivity contribution in [2.24, 2.45) is 5.73 Å². The highest BCUT2D eigenvalue weighted by molar-refractivity contribution is 5.45. The van der Waals surface area contributed by atoms with Crippen LogP contribution in [0.25, 0.3) is 0 Å². The molecular formula is C10H16N4O. The summed E-state index contributed by atoms with van der Waals surface area (Å²) in [6.07, 6.45) is 3.07. The maximum atomic E-state index is 9.41. The molecule has 1 aromatic heterocycles. The molecular weight excluding hydrogens is 192 g/mol. The lowest BCUT2D eigenvalue weighted by Gasteiger charge is -2.31. The number of nitrogens with zero attached hydrogens (tertiary/aromatic N) is 3. The van der Waals surface area contributed by atoms with Gasteiger partial charge in [-0.15, -0.1) is 5.10 Å². The van der Waals surface area contributed by atoms with E-state index in [9.17, 15) is 5.11 Å². The average molecular weight is 208 g/mol. The second-order valence-corrected chi connectivity index (χ2v) is 3.80. The number of rotatable bonds is 2. The van der Waals surface area contributed by atoms with Crippen LogP contribution in [0.15, 0.2) is 12.3 Å². The number of aromatic nitrogens is 2. The summed E-state index contributed by atoms with van der Waals surface area (Å²) in [5.74, 6) is 0.867. The first-order valence-electron chi connectivity index (χ1n) is 5.25. The largest absolute Gasteiger partial charge is 0.393 e. The van der Waals surface area contributed by atoms with E-state index in [1.165, 1.54) is 0 Å². The summed E-state index contributed by atoms with van der Waals surface area (Å²) in [5.41, 5.74) is 6.66. The Bertz CT molecular complexity index is 323. The number of nitrogens with two attached hydrogens (primary N) is 1. The first kappa shape index (κ1) is 10.3. The Morgan fingerprint density at radius 1 is 1.47 bits per heavy atom. The smallest absolute Gasteiger partial charge is 0.155 e. The molecule has 3 N–H and O–H groups in total. The van der Waals surface area contributed by atoms with Crippen LogP contribution in [-0.4, -0.2) is 34.5 Å². The van der Waals surface area contributed by atoms with Gasteiger partial charge >= 0.3 is 0 Å². The van der Waals surface area contributed by atoms with Crippen molar-refractivity contribution in [3.63, 3.8) is 0 Å². The molecule has 0 spiro atoms. The molecule has 2 rings (SSSR count). The molecule has 82 valence electrons. The van der Waals surface area contributed by atoms with Crippen molar-refractivity contribution in [1.82, 2.24) is 10.2 Å². The zero-order valence-electron chi connectivity index (χ0n) is 8.63. The molecule has 1 aliphatic heterocycles. The highest BCUT2D eigenvalue weighted by atomic mass is 16.3. The summed E-state index contributed by atoms with van der Waals surface area (Å²) in [7, 11) is 0. The number of hydrogen-bond donors (Lipinski definition) is 2. The summed E-state index contributed by atoms with van der Waals surface area (Å²) in [4.78, 5) is 2.14. The third-order valence-corrected chi connectivity index (χ3v) is 2.77. The van der Waals surface area contributed by atoms with E-state index in [0.717, 1.165) is 37.3 Å². The molecule has 1 aliphatic rings. The van der Waals surface area contributed by atoms with Crippen molar-refractivity contribution in [3.8, 4) is 0 Å². The highest BCUT2D eigenvalue weighted by Crippen LogP contribution is 2.20. The van der Waals surface area contributed by atoms with Crippen LogP contribution < -0.4 is 10.6 Å². The second kappa shape index (κ2) is 4.55. The quantitative estimate of drug-likeness (QED) is 0.709. The second-order valence-electron chi connectivity index (χ2n) is 3.80. The fourth-order valence-electron chi connectivity index (χ4n) is 1.85. The molecule has 0 unspecified atom stereocenters. The van der Waals surface area contributed by atoms with Gasteiger partial charge in [-0.3, -0.25) is 0 Å². The summed E-state index contributed by atoms with van der Waals surface area (Å²) in [5, 5.41) is 17.4. The molecule has 2 heterocycles. The molecule has 5 heteroatoms. The predicted molar refractivity (Wildman–Crippen MR) is 57.4 cm³/mol. The number of aliphatic hydroxyl groups is 1. The normalized spacial score (nSPS) is 18.1. The van der Waals surface area contributed by atoms with E-state index < -0.39 is 0 Å². The van der Waals surface area contributed by atoms with Crippen LogP contribution >= 0.6 is 0 Å². The van der Waals surface area contributed by atoms with Crippen molar-refractivity contribution in [2.45, 2.75) is 25.5 Å². The summed E-state index contributed by atoms with van der Waals surface area (Å²) >= 11 is 0. The van der Waals surface area contributed by atoms with Crippen molar-refractivity contribution in [3.05, 3.63) is 17.8 Å². The number of piperidine rings is 1. The number of anilines is 1. The van der Waals surface area contributed by atoms with Gasteiger partial charge in [0.1, 0.15) is 0 Å². The van der Waals surface area contributed by atoms with E-state index in [1.54, 1.807) is 6.20 Å². The zero-order chi connectivity index (χ0) is 10.7. The minimum absolute atomic E-state index is 0.167. The number of aliphatic hydroxyl groups excluding tert-OH is 1. The van der Waals surface area contributed by atoms with Gasteiger partial charge in [0.25, 0.3) is 0 Å². The Morgan fingerprint density at radius 2 is 2.20 bits per heavy atom. The fraction of sp³-hybridized carbons (Fsp3) is 0.600. The van der Waals surface area contributed by atoms with Crippen LogP contribution in [0, 0.1) is 0 Å². The zero-order valence-corrected chi connectivity index (χ0v) is 8.63. The maximum Gasteiger partial charge on any atom is 0.155 e. The lowest BCUT2D eigenvalue weighted by atomic mass is 10.1. The SMILES string of the molecule is NCc1ccnnc1N1CCC(O)CC1. The van der Waals surface area contributed by atoms with Gasteiger partial charge in [0.15, 0.2) is 5.82 Å². The van der Waals surface area contributed by atoms with Crippen LogP contribution in [0.2, 0.25) is 0 Å². The Balaban J connectivity index is 2.15. The van der Waals surface area contributed by atoms with E-state index in [-0.39, 0.29) is 6.10 Å². The van der Waals surface area contributed by atoms with Gasteiger partial charge in [0.2, 0.25) is 0 Å². The minimum atomic E-state index is -0.167. The Kier molecular flexibility index (Phi) is 3.13. The van der Waals surface area contributed by atoms with Gasteiger partial charge in [0, 0.05) is 25.2 Å². The molecule has 1 saturated heterocycles. The van der Waals surface area contributed by atoms with Gasteiger partial charge in [-0.1, -0.05) is 0 Å². The van der Waals surface area contributed by atoms with Crippen LogP contribution in [0.3, 0.4) is 0 Å². The van der Waals surface area contributed by atoms with Gasteiger partial charge in [-0.2, -0.15) is 5.10 Å². The van der Waals surface area contributed by atoms with E-state index in [2.05, 4.69) is 15.1 Å². The third-order valence-electron chi connectivity index (χ3n) is 2.77. The average Bonchev–Trinajstić information content (AvgIpc) is 2.30. The maximum absolute atomic E-state index is 9.41. The van der Waals surface area contributed by atoms with E-state index in [1.807, 2.05) is 6.07 Å². The Hall–Kier alpha value is -1.20. The van der Waals surface area contributed by atoms with E-state index in [4.69, 9.17) is 5.73 Å². The van der Waals surface area contributed by atoms with Crippen LogP contribution in [0.1, 0.15) is 18.4 Å². The molecule has 1 fully saturated rings. The van der Waals surface area contributed by atoms with Crippen molar-refractivity contribution < 1.29 is 5.11 Å². The topological polar surface area (TPSA) is 75.3 Å². The van der Waals surface area contributed by atoms with Gasteiger partial charge < -0.3 is 15.7 Å². The standard InChI is InChI=1S/C10H16N4O/c11-7-8-1-4-12-13-10(8)14-5-2-9(15)3-6-14/h1,4,9,15H,2-3,5-7,11H2. The Labute approximate surface area is 88.9 Å². The van der Waals surface area contributed by atoms with Crippen molar-refractivity contribution >= 4 is 5.82 Å². The van der Waals surface area contributed by atoms with Gasteiger partial charge in [-0.05, 0) is 18.9 Å². The van der Waals surface area contributed by atoms with Gasteiger partial charge in [-0.25, -0.2) is 0 Å². The Morgan fingerprint density at radius 3 is 2.87 bits per heavy atom. The fourth-order valence-corrected chi connectivity index (χ4v) is 1.85. The molecule has 0 amide bonds. The number of hydrogen-bond acceptors (Lipinski definition) is 5. The van der Waals surface area contributed by atoms with Crippen LogP contribution in [0.5, 0.6) is 0 Å². The molecule has 0 atom stereocenters. The molecule has 5 nitrogen and oxygen atoms in total. The lowest BCUT2D eigenvalue weighted by molar-refractivity contribution is 0.145. The summed E-state index contributed by atoms with van der Waals surface area (Å²) in [6.45, 7) is 2.13. The molecule has 0 aliphatic carbocycles. The molecule has 0 saturated carbocycles. The van der Waals surface area contributed by atoms with E-state index >= 15 is 0 Å². The predicted octanol–water partition coefficient (Wildman–Crippen LogP) is -0.104. The first-order chi connectivity index (χ1) is 7.31. The first-order valence-corrected chi connectivity index (χ1v) is 5.25. The highest BCUT2D eigenvalue weighted by Gasteiger charge is 2.19. The molecule has 1 aromatic rings. The summed E-state index contributed by atoms with van der Waals surface area (Å²) in [6, 6.07) is 1.90. The lowest BCUT2D eigenvalue weighted by Crippen LogP contribution is -2.37. The molecule has 0 aromatic carbocycles. The van der Waals surface area contributed by atoms with Crippen molar-refractivity contribution in [1.29, 1.82) is 0 Å². The van der Waals surface area contributed by atoms with Crippen LogP contribution in [0.4, 0.5) is 5.82 Å². The minimum Gasteiger partial charge on any atom is -0.393 e. The van der Waals surface area contributed by atoms with Crippen molar-refractivity contribution in [2.75, 3.05) is 18.0 Å². The summed E-state index contributed by atoms with van der Waals surface area (Å²) < 4.78 is 0. The molecule has 0 radical (unpaired) electrons.